The molecule has 98 valence electrons. The van der Waals surface area contributed by atoms with E-state index in [4.69, 9.17) is 11.0 Å². The highest BCUT2D eigenvalue weighted by Crippen LogP contribution is 2.30. The molecule has 1 aromatic carbocycles. The van der Waals surface area contributed by atoms with Gasteiger partial charge in [0.2, 0.25) is 5.91 Å². The van der Waals surface area contributed by atoms with Crippen LogP contribution in [0.1, 0.15) is 12.0 Å². The van der Waals surface area contributed by atoms with Crippen LogP contribution in [0.4, 0.5) is 11.4 Å². The molecule has 0 aliphatic carbocycles. The third kappa shape index (κ3) is 2.36. The van der Waals surface area contributed by atoms with Crippen LogP contribution < -0.4 is 10.6 Å². The van der Waals surface area contributed by atoms with Crippen molar-refractivity contribution in [2.45, 2.75) is 6.42 Å². The molecule has 1 atom stereocenters. The van der Waals surface area contributed by atoms with Crippen molar-refractivity contribution in [1.29, 1.82) is 5.26 Å². The molecule has 0 saturated carbocycles. The third-order valence-corrected chi connectivity index (χ3v) is 3.11. The van der Waals surface area contributed by atoms with Gasteiger partial charge in [0.25, 0.3) is 0 Å². The van der Waals surface area contributed by atoms with Crippen molar-refractivity contribution in [3.8, 4) is 6.07 Å². The number of nitriles is 1. The van der Waals surface area contributed by atoms with Crippen molar-refractivity contribution >= 4 is 23.3 Å². The summed E-state index contributed by atoms with van der Waals surface area (Å²) >= 11 is 0. The lowest BCUT2D eigenvalue weighted by atomic mass is 10.1. The van der Waals surface area contributed by atoms with Gasteiger partial charge in [0.1, 0.15) is 0 Å². The minimum atomic E-state index is -0.484. The third-order valence-electron chi connectivity index (χ3n) is 3.11. The smallest absolute Gasteiger partial charge is 0.311 e. The molecule has 1 fully saturated rings. The maximum Gasteiger partial charge on any atom is 0.311 e. The van der Waals surface area contributed by atoms with Gasteiger partial charge in [0, 0.05) is 13.0 Å². The van der Waals surface area contributed by atoms with Crippen LogP contribution in [-0.4, -0.2) is 25.5 Å². The van der Waals surface area contributed by atoms with E-state index in [0.29, 0.717) is 16.9 Å². The van der Waals surface area contributed by atoms with Gasteiger partial charge in [-0.15, -0.1) is 0 Å². The molecule has 1 saturated heterocycles. The van der Waals surface area contributed by atoms with Gasteiger partial charge in [0.15, 0.2) is 0 Å². The van der Waals surface area contributed by atoms with E-state index in [1.165, 1.54) is 12.0 Å². The molecule has 2 rings (SSSR count). The predicted molar refractivity (Wildman–Crippen MR) is 68.0 cm³/mol. The Kier molecular flexibility index (Phi) is 3.38. The normalized spacial score (nSPS) is 18.2. The monoisotopic (exact) mass is 259 g/mol. The summed E-state index contributed by atoms with van der Waals surface area (Å²) in [5.41, 5.74) is 7.10. The summed E-state index contributed by atoms with van der Waals surface area (Å²) in [7, 11) is 1.29. The molecule has 1 unspecified atom stereocenters. The van der Waals surface area contributed by atoms with Crippen molar-refractivity contribution in [2.75, 3.05) is 24.3 Å². The molecular weight excluding hydrogens is 246 g/mol. The summed E-state index contributed by atoms with van der Waals surface area (Å²) in [6.07, 6.45) is 0.100. The highest BCUT2D eigenvalue weighted by atomic mass is 16.5. The van der Waals surface area contributed by atoms with Crippen molar-refractivity contribution in [3.63, 3.8) is 0 Å². The molecule has 1 heterocycles. The van der Waals surface area contributed by atoms with E-state index in [0.717, 1.165) is 0 Å². The Labute approximate surface area is 110 Å². The summed E-state index contributed by atoms with van der Waals surface area (Å²) in [5.74, 6) is -1.09. The fourth-order valence-electron chi connectivity index (χ4n) is 2.11. The van der Waals surface area contributed by atoms with Crippen LogP contribution in [0, 0.1) is 17.2 Å². The largest absolute Gasteiger partial charge is 0.469 e. The first-order valence-electron chi connectivity index (χ1n) is 5.74. The van der Waals surface area contributed by atoms with Crippen LogP contribution >= 0.6 is 0 Å². The van der Waals surface area contributed by atoms with Crippen molar-refractivity contribution in [1.82, 2.24) is 0 Å². The van der Waals surface area contributed by atoms with E-state index in [9.17, 15) is 9.59 Å². The maximum atomic E-state index is 11.9. The lowest BCUT2D eigenvalue weighted by Crippen LogP contribution is -2.27. The van der Waals surface area contributed by atoms with E-state index < -0.39 is 11.9 Å². The number of ether oxygens (including phenoxy) is 1. The molecule has 2 N–H and O–H groups in total. The number of amides is 1. The van der Waals surface area contributed by atoms with Gasteiger partial charge in [-0.2, -0.15) is 5.26 Å². The van der Waals surface area contributed by atoms with Crippen molar-refractivity contribution in [2.24, 2.45) is 5.92 Å². The van der Waals surface area contributed by atoms with Crippen molar-refractivity contribution in [3.05, 3.63) is 23.8 Å². The first-order valence-corrected chi connectivity index (χ1v) is 5.74. The Hall–Kier alpha value is -2.55. The zero-order valence-electron chi connectivity index (χ0n) is 10.4. The number of nitrogen functional groups attached to an aromatic ring is 1. The maximum absolute atomic E-state index is 11.9. The Morgan fingerprint density at radius 1 is 1.58 bits per heavy atom. The molecule has 1 aliphatic rings. The molecular formula is C13H13N3O3. The lowest BCUT2D eigenvalue weighted by Gasteiger charge is -2.18. The number of esters is 1. The molecule has 0 spiro atoms. The lowest BCUT2D eigenvalue weighted by molar-refractivity contribution is -0.145. The SMILES string of the molecule is COC(=O)C1CC(=O)N(c2cc(C#N)ccc2N)C1. The zero-order valence-corrected chi connectivity index (χ0v) is 10.4. The second-order valence-corrected chi connectivity index (χ2v) is 4.31. The molecule has 1 aliphatic heterocycles. The predicted octanol–water partition coefficient (Wildman–Crippen LogP) is 0.666. The molecule has 0 bridgehead atoms. The van der Waals surface area contributed by atoms with Gasteiger partial charge in [-0.1, -0.05) is 0 Å². The quantitative estimate of drug-likeness (QED) is 0.621. The summed E-state index contributed by atoms with van der Waals surface area (Å²) in [6, 6.07) is 6.70. The minimum Gasteiger partial charge on any atom is -0.469 e. The topological polar surface area (TPSA) is 96.4 Å². The number of methoxy groups -OCH3 is 1. The van der Waals surface area contributed by atoms with Gasteiger partial charge >= 0.3 is 5.97 Å². The number of benzene rings is 1. The average molecular weight is 259 g/mol. The Balaban J connectivity index is 2.30. The summed E-state index contributed by atoms with van der Waals surface area (Å²) in [6.45, 7) is 0.227. The number of rotatable bonds is 2. The second-order valence-electron chi connectivity index (χ2n) is 4.31. The Bertz CT molecular complexity index is 577. The number of nitrogens with two attached hydrogens (primary N) is 1. The highest BCUT2D eigenvalue weighted by molar-refractivity contribution is 6.01. The van der Waals surface area contributed by atoms with Crippen LogP contribution in [0.15, 0.2) is 18.2 Å². The standard InChI is InChI=1S/C13H13N3O3/c1-19-13(18)9-5-12(17)16(7-9)11-4-8(6-14)2-3-10(11)15/h2-4,9H,5,7,15H2,1H3. The molecule has 1 aromatic rings. The molecule has 6 heteroatoms. The van der Waals surface area contributed by atoms with Crippen molar-refractivity contribution < 1.29 is 14.3 Å². The summed E-state index contributed by atoms with van der Waals surface area (Å²) < 4.78 is 4.64. The van der Waals surface area contributed by atoms with Crippen LogP contribution in [0.2, 0.25) is 0 Å². The fraction of sp³-hybridized carbons (Fsp3) is 0.308. The molecule has 1 amide bonds. The van der Waals surface area contributed by atoms with Crippen LogP contribution in [-0.2, 0) is 14.3 Å². The average Bonchev–Trinajstić information content (AvgIpc) is 2.80. The van der Waals surface area contributed by atoms with Crippen LogP contribution in [0.25, 0.3) is 0 Å². The van der Waals surface area contributed by atoms with E-state index >= 15 is 0 Å². The number of carbonyl (C=O) groups excluding carboxylic acids is 2. The zero-order chi connectivity index (χ0) is 14.0. The number of hydrogen-bond donors (Lipinski definition) is 1. The van der Waals surface area contributed by atoms with Crippen LogP contribution in [0.3, 0.4) is 0 Å². The second kappa shape index (κ2) is 4.98. The first-order chi connectivity index (χ1) is 9.06. The summed E-state index contributed by atoms with van der Waals surface area (Å²) in [5, 5.41) is 8.87. The van der Waals surface area contributed by atoms with E-state index in [1.54, 1.807) is 18.2 Å². The molecule has 0 radical (unpaired) electrons. The Morgan fingerprint density at radius 2 is 2.32 bits per heavy atom. The number of carbonyl (C=O) groups is 2. The van der Waals surface area contributed by atoms with Crippen LogP contribution in [0.5, 0.6) is 0 Å². The van der Waals surface area contributed by atoms with Gasteiger partial charge < -0.3 is 15.4 Å². The first kappa shape index (κ1) is 12.9. The van der Waals surface area contributed by atoms with Gasteiger partial charge in [-0.25, -0.2) is 0 Å². The van der Waals surface area contributed by atoms with Gasteiger partial charge in [-0.05, 0) is 18.2 Å². The molecule has 19 heavy (non-hydrogen) atoms. The van der Waals surface area contributed by atoms with E-state index in [2.05, 4.69) is 4.74 Å². The Morgan fingerprint density at radius 3 is 2.95 bits per heavy atom. The van der Waals surface area contributed by atoms with E-state index in [-0.39, 0.29) is 18.9 Å². The van der Waals surface area contributed by atoms with Gasteiger partial charge in [0.05, 0.1) is 36.0 Å². The molecule has 0 aromatic heterocycles. The van der Waals surface area contributed by atoms with E-state index in [1.807, 2.05) is 6.07 Å². The fourth-order valence-corrected chi connectivity index (χ4v) is 2.11. The molecule has 6 nitrogen and oxygen atoms in total. The van der Waals surface area contributed by atoms with Gasteiger partial charge in [-0.3, -0.25) is 9.59 Å². The number of hydrogen-bond acceptors (Lipinski definition) is 5. The minimum absolute atomic E-state index is 0.100. The summed E-state index contributed by atoms with van der Waals surface area (Å²) in [4.78, 5) is 24.8. The number of nitrogens with zero attached hydrogens (tertiary/aromatic N) is 2. The highest BCUT2D eigenvalue weighted by Gasteiger charge is 2.36. The number of anilines is 2.